The van der Waals surface area contributed by atoms with Crippen LogP contribution < -0.4 is 10.6 Å². The summed E-state index contributed by atoms with van der Waals surface area (Å²) in [5.74, 6) is -2.74. The van der Waals surface area contributed by atoms with E-state index in [9.17, 15) is 14.4 Å². The molecule has 2 aliphatic rings. The van der Waals surface area contributed by atoms with Crippen molar-refractivity contribution in [1.82, 2.24) is 5.32 Å². The van der Waals surface area contributed by atoms with Crippen molar-refractivity contribution in [2.45, 2.75) is 17.5 Å². The summed E-state index contributed by atoms with van der Waals surface area (Å²) in [5.41, 5.74) is 0.657. The van der Waals surface area contributed by atoms with Crippen LogP contribution in [0.2, 0.25) is 0 Å². The minimum Gasteiger partial charge on any atom is -0.469 e. The smallest absolute Gasteiger partial charge is 0.323 e. The number of methoxy groups -OCH3 is 2. The fourth-order valence-electron chi connectivity index (χ4n) is 4.54. The fourth-order valence-corrected chi connectivity index (χ4v) is 4.80. The van der Waals surface area contributed by atoms with Crippen LogP contribution in [0.4, 0.5) is 5.69 Å². The van der Waals surface area contributed by atoms with Crippen molar-refractivity contribution in [3.8, 4) is 0 Å². The number of carbonyl (C=O) groups excluding carboxylic acids is 3. The van der Waals surface area contributed by atoms with Crippen LogP contribution in [0, 0.1) is 5.92 Å². The van der Waals surface area contributed by atoms with E-state index in [1.165, 1.54) is 14.2 Å². The summed E-state index contributed by atoms with van der Waals surface area (Å²) >= 11 is 3.41. The molecule has 2 aromatic rings. The molecular weight excluding hydrogens is 440 g/mol. The van der Waals surface area contributed by atoms with Crippen LogP contribution in [0.3, 0.4) is 0 Å². The van der Waals surface area contributed by atoms with Gasteiger partial charge in [-0.15, -0.1) is 0 Å². The molecule has 0 bridgehead atoms. The summed E-state index contributed by atoms with van der Waals surface area (Å²) in [5, 5.41) is 6.07. The Morgan fingerprint density at radius 1 is 1.00 bits per heavy atom. The predicted molar refractivity (Wildman–Crippen MR) is 108 cm³/mol. The Hall–Kier alpha value is -2.71. The maximum Gasteiger partial charge on any atom is 0.323 e. The third-order valence-electron chi connectivity index (χ3n) is 5.74. The number of para-hydroxylation sites is 1. The third-order valence-corrected chi connectivity index (χ3v) is 6.26. The molecule has 2 N–H and O–H groups in total. The highest BCUT2D eigenvalue weighted by atomic mass is 79.9. The molecule has 4 atom stereocenters. The van der Waals surface area contributed by atoms with Crippen LogP contribution in [0.5, 0.6) is 0 Å². The number of fused-ring (bicyclic) bond motifs is 2. The van der Waals surface area contributed by atoms with Gasteiger partial charge in [0.15, 0.2) is 0 Å². The number of ether oxygens (including phenoxy) is 2. The van der Waals surface area contributed by atoms with E-state index < -0.39 is 35.4 Å². The summed E-state index contributed by atoms with van der Waals surface area (Å²) in [6.07, 6.45) is 0. The quantitative estimate of drug-likeness (QED) is 0.685. The van der Waals surface area contributed by atoms with Crippen molar-refractivity contribution in [2.75, 3.05) is 19.5 Å². The van der Waals surface area contributed by atoms with Crippen molar-refractivity contribution in [3.05, 3.63) is 64.1 Å². The SMILES string of the molecule is COC(=O)[C@@H]1N[C@H](c2ccc(Br)cc2)[C@]2(C(=O)Nc3ccccc32)[C@H]1C(=O)OC. The number of rotatable bonds is 3. The zero-order valence-corrected chi connectivity index (χ0v) is 17.4. The van der Waals surface area contributed by atoms with Gasteiger partial charge >= 0.3 is 11.9 Å². The molecule has 0 unspecified atom stereocenters. The van der Waals surface area contributed by atoms with E-state index in [-0.39, 0.29) is 5.91 Å². The van der Waals surface area contributed by atoms with Gasteiger partial charge in [-0.05, 0) is 29.3 Å². The number of esters is 2. The van der Waals surface area contributed by atoms with Crippen molar-refractivity contribution in [1.29, 1.82) is 0 Å². The van der Waals surface area contributed by atoms with E-state index in [4.69, 9.17) is 9.47 Å². The van der Waals surface area contributed by atoms with E-state index >= 15 is 0 Å². The zero-order valence-electron chi connectivity index (χ0n) is 15.8. The van der Waals surface area contributed by atoms with Gasteiger partial charge < -0.3 is 14.8 Å². The highest BCUT2D eigenvalue weighted by Gasteiger charge is 2.68. The van der Waals surface area contributed by atoms with Crippen LogP contribution in [0.15, 0.2) is 53.0 Å². The lowest BCUT2D eigenvalue weighted by Crippen LogP contribution is -2.49. The Kier molecular flexibility index (Phi) is 4.92. The van der Waals surface area contributed by atoms with E-state index in [1.54, 1.807) is 24.3 Å². The van der Waals surface area contributed by atoms with Crippen LogP contribution in [0.25, 0.3) is 0 Å². The summed E-state index contributed by atoms with van der Waals surface area (Å²) in [6, 6.07) is 12.9. The zero-order chi connectivity index (χ0) is 20.8. The van der Waals surface area contributed by atoms with Gasteiger partial charge in [0, 0.05) is 10.2 Å². The average Bonchev–Trinajstić information content (AvgIpc) is 3.24. The van der Waals surface area contributed by atoms with Gasteiger partial charge in [-0.2, -0.15) is 0 Å². The minimum absolute atomic E-state index is 0.360. The maximum absolute atomic E-state index is 13.5. The molecule has 150 valence electrons. The molecule has 1 fully saturated rings. The van der Waals surface area contributed by atoms with E-state index in [0.29, 0.717) is 11.3 Å². The highest BCUT2D eigenvalue weighted by Crippen LogP contribution is 2.56. The summed E-state index contributed by atoms with van der Waals surface area (Å²) in [6.45, 7) is 0. The van der Waals surface area contributed by atoms with Crippen LogP contribution in [0.1, 0.15) is 17.2 Å². The number of hydrogen-bond acceptors (Lipinski definition) is 6. The van der Waals surface area contributed by atoms with E-state index in [1.807, 2.05) is 24.3 Å². The summed E-state index contributed by atoms with van der Waals surface area (Å²) in [4.78, 5) is 39.0. The van der Waals surface area contributed by atoms with Crippen molar-refractivity contribution in [2.24, 2.45) is 5.92 Å². The second-order valence-corrected chi connectivity index (χ2v) is 7.94. The molecule has 0 aliphatic carbocycles. The predicted octanol–water partition coefficient (Wildman–Crippen LogP) is 2.31. The average molecular weight is 459 g/mol. The van der Waals surface area contributed by atoms with Gasteiger partial charge in [-0.3, -0.25) is 19.7 Å². The van der Waals surface area contributed by atoms with Crippen molar-refractivity contribution in [3.63, 3.8) is 0 Å². The molecule has 0 saturated carbocycles. The number of anilines is 1. The lowest BCUT2D eigenvalue weighted by Gasteiger charge is -2.33. The first kappa shape index (κ1) is 19.6. The number of carbonyl (C=O) groups is 3. The number of nitrogens with one attached hydrogen (secondary N) is 2. The molecular formula is C21H19BrN2O5. The van der Waals surface area contributed by atoms with E-state index in [0.717, 1.165) is 10.0 Å². The van der Waals surface area contributed by atoms with Gasteiger partial charge in [0.25, 0.3) is 0 Å². The Labute approximate surface area is 175 Å². The topological polar surface area (TPSA) is 93.7 Å². The molecule has 2 heterocycles. The van der Waals surface area contributed by atoms with Crippen LogP contribution in [-0.4, -0.2) is 38.1 Å². The van der Waals surface area contributed by atoms with Gasteiger partial charge in [-0.25, -0.2) is 0 Å². The molecule has 1 amide bonds. The minimum atomic E-state index is -1.36. The van der Waals surface area contributed by atoms with Gasteiger partial charge in [0.2, 0.25) is 5.91 Å². The third kappa shape index (κ3) is 2.78. The lowest BCUT2D eigenvalue weighted by atomic mass is 9.65. The molecule has 0 radical (unpaired) electrons. The fraction of sp³-hybridized carbons (Fsp3) is 0.286. The Morgan fingerprint density at radius 2 is 1.66 bits per heavy atom. The second kappa shape index (κ2) is 7.27. The van der Waals surface area contributed by atoms with Crippen LogP contribution >= 0.6 is 15.9 Å². The molecule has 2 aliphatic heterocycles. The lowest BCUT2D eigenvalue weighted by molar-refractivity contribution is -0.156. The number of amides is 1. The van der Waals surface area contributed by atoms with Crippen molar-refractivity contribution >= 4 is 39.5 Å². The first-order valence-electron chi connectivity index (χ1n) is 9.03. The van der Waals surface area contributed by atoms with Gasteiger partial charge in [0.1, 0.15) is 17.4 Å². The first-order chi connectivity index (χ1) is 13.9. The summed E-state index contributed by atoms with van der Waals surface area (Å²) in [7, 11) is 2.50. The summed E-state index contributed by atoms with van der Waals surface area (Å²) < 4.78 is 10.9. The standard InChI is InChI=1S/C21H19BrN2O5/c1-28-18(25)15-16(19(26)29-2)24-17(11-7-9-12(22)10-8-11)21(15)13-5-3-4-6-14(13)23-20(21)27/h3-10,15-17,24H,1-2H3,(H,23,27)/t15-,16-,17-,21-/m1/s1. The van der Waals surface area contributed by atoms with E-state index in [2.05, 4.69) is 26.6 Å². The molecule has 4 rings (SSSR count). The molecule has 0 aromatic heterocycles. The number of halogens is 1. The van der Waals surface area contributed by atoms with Gasteiger partial charge in [0.05, 0.1) is 20.3 Å². The Morgan fingerprint density at radius 3 is 2.31 bits per heavy atom. The molecule has 1 spiro atoms. The first-order valence-corrected chi connectivity index (χ1v) is 9.82. The Bertz CT molecular complexity index is 993. The highest BCUT2D eigenvalue weighted by molar-refractivity contribution is 9.10. The monoisotopic (exact) mass is 458 g/mol. The molecule has 8 heteroatoms. The van der Waals surface area contributed by atoms with Gasteiger partial charge in [-0.1, -0.05) is 46.3 Å². The normalized spacial score (nSPS) is 27.4. The van der Waals surface area contributed by atoms with Crippen LogP contribution in [-0.2, 0) is 29.3 Å². The Balaban J connectivity index is 2.00. The van der Waals surface area contributed by atoms with Crippen molar-refractivity contribution < 1.29 is 23.9 Å². The largest absolute Gasteiger partial charge is 0.469 e. The second-order valence-electron chi connectivity index (χ2n) is 7.02. The molecule has 29 heavy (non-hydrogen) atoms. The maximum atomic E-state index is 13.5. The molecule has 7 nitrogen and oxygen atoms in total. The number of benzene rings is 2. The molecule has 2 aromatic carbocycles. The molecule has 1 saturated heterocycles. The number of hydrogen-bond donors (Lipinski definition) is 2.